The van der Waals surface area contributed by atoms with Crippen LogP contribution in [0.4, 0.5) is 22.7 Å². The average molecular weight is 659 g/mol. The van der Waals surface area contributed by atoms with E-state index in [1.165, 1.54) is 5.56 Å². The van der Waals surface area contributed by atoms with Gasteiger partial charge in [-0.2, -0.15) is 0 Å². The number of benzene rings is 4. The first-order chi connectivity index (χ1) is 25.1. The second-order valence-electron chi connectivity index (χ2n) is 14.9. The molecule has 0 aliphatic carbocycles. The van der Waals surface area contributed by atoms with Gasteiger partial charge in [-0.25, -0.2) is 9.97 Å². The SMILES string of the molecule is [2H]C([2H])([2H])c1ccc([N+]2=C=[N+](c3cc(Oc4cc5c(cn4)c4ccccc4n5-c4cc(C(C)(C)C)ccn4)cc(C(C)(C)C)c3)c3ccccc32)cc1. The Morgan fingerprint density at radius 2 is 1.36 bits per heavy atom. The Hall–Kier alpha value is -5.84. The molecule has 6 heteroatoms. The van der Waals surface area contributed by atoms with Crippen LogP contribution in [-0.4, -0.2) is 20.5 Å². The van der Waals surface area contributed by atoms with Crippen molar-refractivity contribution in [2.24, 2.45) is 0 Å². The summed E-state index contributed by atoms with van der Waals surface area (Å²) in [5.41, 5.74) is 7.93. The molecule has 1 aliphatic rings. The molecule has 0 saturated carbocycles. The van der Waals surface area contributed by atoms with Gasteiger partial charge in [0.05, 0.1) is 17.1 Å². The molecule has 4 aromatic carbocycles. The van der Waals surface area contributed by atoms with Gasteiger partial charge in [0.25, 0.3) is 11.4 Å². The lowest BCUT2D eigenvalue weighted by molar-refractivity contribution is 0.460. The molecule has 50 heavy (non-hydrogen) atoms. The maximum atomic E-state index is 7.80. The van der Waals surface area contributed by atoms with Crippen LogP contribution in [0.3, 0.4) is 0 Å². The Bertz CT molecular complexity index is 2630. The highest BCUT2D eigenvalue weighted by atomic mass is 16.5. The highest BCUT2D eigenvalue weighted by Gasteiger charge is 2.37. The van der Waals surface area contributed by atoms with Gasteiger partial charge in [-0.3, -0.25) is 4.57 Å². The van der Waals surface area contributed by atoms with E-state index in [2.05, 4.69) is 94.6 Å². The van der Waals surface area contributed by atoms with E-state index in [0.717, 1.165) is 55.9 Å². The number of rotatable bonds is 5. The van der Waals surface area contributed by atoms with Gasteiger partial charge in [0.15, 0.2) is 0 Å². The normalized spacial score (nSPS) is 14.2. The van der Waals surface area contributed by atoms with Crippen molar-refractivity contribution in [3.05, 3.63) is 138 Å². The van der Waals surface area contributed by atoms with E-state index in [4.69, 9.17) is 18.8 Å². The Balaban J connectivity index is 1.25. The monoisotopic (exact) mass is 658 g/mol. The Morgan fingerprint density at radius 3 is 2.08 bits per heavy atom. The van der Waals surface area contributed by atoms with E-state index in [1.54, 1.807) is 12.1 Å². The zero-order valence-electron chi connectivity index (χ0n) is 32.2. The second-order valence-corrected chi connectivity index (χ2v) is 14.9. The molecule has 0 spiro atoms. The number of pyridine rings is 2. The van der Waals surface area contributed by atoms with Crippen LogP contribution < -0.4 is 13.9 Å². The summed E-state index contributed by atoms with van der Waals surface area (Å²) < 4.78 is 36.3. The van der Waals surface area contributed by atoms with E-state index in [1.807, 2.05) is 76.1 Å². The molecule has 6 nitrogen and oxygen atoms in total. The number of hydrogen-bond acceptors (Lipinski definition) is 3. The van der Waals surface area contributed by atoms with Crippen LogP contribution >= 0.6 is 0 Å². The summed E-state index contributed by atoms with van der Waals surface area (Å²) in [4.78, 5) is 9.64. The van der Waals surface area contributed by atoms with Crippen molar-refractivity contribution in [3.63, 3.8) is 0 Å². The Labute approximate surface area is 297 Å². The van der Waals surface area contributed by atoms with Gasteiger partial charge in [-0.05, 0) is 62.2 Å². The van der Waals surface area contributed by atoms with Gasteiger partial charge >= 0.3 is 6.01 Å². The van der Waals surface area contributed by atoms with Crippen molar-refractivity contribution < 1.29 is 8.85 Å². The molecule has 8 rings (SSSR count). The fourth-order valence-corrected chi connectivity index (χ4v) is 6.53. The van der Waals surface area contributed by atoms with Crippen LogP contribution in [0, 0.1) is 6.85 Å². The van der Waals surface area contributed by atoms with Crippen LogP contribution in [0.1, 0.15) is 62.3 Å². The van der Waals surface area contributed by atoms with Crippen molar-refractivity contribution in [2.45, 2.75) is 59.2 Å². The number of nitrogens with zero attached hydrogens (tertiary/aromatic N) is 5. The van der Waals surface area contributed by atoms with Crippen molar-refractivity contribution >= 4 is 50.6 Å². The maximum Gasteiger partial charge on any atom is 0.503 e. The smallest absolute Gasteiger partial charge is 0.439 e. The minimum atomic E-state index is -2.17. The summed E-state index contributed by atoms with van der Waals surface area (Å²) in [5.74, 6) is 1.96. The molecule has 0 fully saturated rings. The lowest BCUT2D eigenvalue weighted by Gasteiger charge is -2.20. The third-order valence-electron chi connectivity index (χ3n) is 9.30. The molecule has 1 aliphatic heterocycles. The van der Waals surface area contributed by atoms with Crippen LogP contribution in [0.15, 0.2) is 122 Å². The Morgan fingerprint density at radius 1 is 0.660 bits per heavy atom. The summed E-state index contributed by atoms with van der Waals surface area (Å²) in [6.45, 7) is 11.0. The summed E-state index contributed by atoms with van der Waals surface area (Å²) in [6.07, 6.45) is 3.77. The lowest BCUT2D eigenvalue weighted by atomic mass is 9.86. The molecule has 0 bridgehead atoms. The van der Waals surface area contributed by atoms with Gasteiger partial charge in [0.2, 0.25) is 17.3 Å². The van der Waals surface area contributed by atoms with Crippen LogP contribution in [0.5, 0.6) is 11.6 Å². The fourth-order valence-electron chi connectivity index (χ4n) is 6.53. The van der Waals surface area contributed by atoms with Crippen LogP contribution in [0.2, 0.25) is 0 Å². The topological polar surface area (TPSA) is 46.0 Å². The van der Waals surface area contributed by atoms with Crippen LogP contribution in [-0.2, 0) is 10.8 Å². The van der Waals surface area contributed by atoms with Crippen LogP contribution in [0.25, 0.3) is 27.6 Å². The van der Waals surface area contributed by atoms with Crippen molar-refractivity contribution in [3.8, 4) is 17.4 Å². The molecular weight excluding hydrogens is 615 g/mol. The minimum absolute atomic E-state index is 0.0336. The summed E-state index contributed by atoms with van der Waals surface area (Å²) >= 11 is 0. The highest BCUT2D eigenvalue weighted by Crippen LogP contribution is 2.40. The number of hydrogen-bond donors (Lipinski definition) is 0. The first-order valence-electron chi connectivity index (χ1n) is 18.4. The highest BCUT2D eigenvalue weighted by molar-refractivity contribution is 6.09. The van der Waals surface area contributed by atoms with Crippen molar-refractivity contribution in [1.29, 1.82) is 0 Å². The first kappa shape index (κ1) is 28.0. The quantitative estimate of drug-likeness (QED) is 0.173. The molecule has 7 aromatic rings. The predicted molar refractivity (Wildman–Crippen MR) is 206 cm³/mol. The number of aryl methyl sites for hydroxylation is 1. The first-order valence-corrected chi connectivity index (χ1v) is 16.9. The zero-order valence-corrected chi connectivity index (χ0v) is 29.2. The molecular formula is C44H41N5O+2. The number of aromatic nitrogens is 3. The largest absolute Gasteiger partial charge is 0.503 e. The second kappa shape index (κ2) is 11.6. The molecule has 3 aromatic heterocycles. The molecule has 0 N–H and O–H groups in total. The number of para-hydroxylation sites is 3. The summed E-state index contributed by atoms with van der Waals surface area (Å²) in [5, 5.41) is 2.11. The summed E-state index contributed by atoms with van der Waals surface area (Å²) in [7, 11) is 0. The van der Waals surface area contributed by atoms with Gasteiger partial charge in [-0.1, -0.05) is 89.6 Å². The average Bonchev–Trinajstić information content (AvgIpc) is 3.67. The summed E-state index contributed by atoms with van der Waals surface area (Å²) in [6, 6.07) is 39.4. The fraction of sp³-hybridized carbons (Fsp3) is 0.205. The van der Waals surface area contributed by atoms with Gasteiger partial charge in [-0.15, -0.1) is 0 Å². The van der Waals surface area contributed by atoms with Gasteiger partial charge < -0.3 is 4.74 Å². The van der Waals surface area contributed by atoms with Gasteiger partial charge in [0.1, 0.15) is 11.6 Å². The third kappa shape index (κ3) is 5.58. The molecule has 0 unspecified atom stereocenters. The molecule has 246 valence electrons. The number of ether oxygens (including phenoxy) is 1. The van der Waals surface area contributed by atoms with E-state index >= 15 is 0 Å². The molecule has 0 radical (unpaired) electrons. The van der Waals surface area contributed by atoms with E-state index < -0.39 is 6.85 Å². The molecule has 0 saturated heterocycles. The molecule has 0 atom stereocenters. The standard InChI is InChI=1S/C44H41N5O/c1-29-16-18-32(19-17-29)47-28-48(39-15-11-10-14-38(39)47)33-22-31(44(5,6)7)23-34(25-33)50-42-26-40-36(27-46-42)35-12-8-9-13-37(35)49(40)41-24-30(20-21-45-41)43(2,3)4/h8-27H,1-7H3/q+2/i1D3. The van der Waals surface area contributed by atoms with Crippen molar-refractivity contribution in [2.75, 3.05) is 0 Å². The Kier molecular flexibility index (Phi) is 6.53. The lowest BCUT2D eigenvalue weighted by Crippen LogP contribution is -2.12. The predicted octanol–water partition coefficient (Wildman–Crippen LogP) is 11.1. The van der Waals surface area contributed by atoms with E-state index in [0.29, 0.717) is 17.2 Å². The van der Waals surface area contributed by atoms with Gasteiger partial charge in [0, 0.05) is 63.7 Å². The molecule has 0 amide bonds. The van der Waals surface area contributed by atoms with E-state index in [9.17, 15) is 0 Å². The minimum Gasteiger partial charge on any atom is -0.439 e. The maximum absolute atomic E-state index is 7.80. The zero-order chi connectivity index (χ0) is 37.3. The molecule has 4 heterocycles. The number of fused-ring (bicyclic) bond motifs is 4. The third-order valence-corrected chi connectivity index (χ3v) is 9.30. The van der Waals surface area contributed by atoms with E-state index in [-0.39, 0.29) is 10.8 Å². The van der Waals surface area contributed by atoms with Crippen molar-refractivity contribution in [1.82, 2.24) is 23.7 Å².